The van der Waals surface area contributed by atoms with Crippen LogP contribution in [-0.2, 0) is 0 Å². The molecule has 0 radical (unpaired) electrons. The summed E-state index contributed by atoms with van der Waals surface area (Å²) in [6, 6.07) is 8.94. The molecule has 0 amide bonds. The smallest absolute Gasteiger partial charge is 0.180 e. The lowest BCUT2D eigenvalue weighted by molar-refractivity contribution is 0.0924. The molecule has 3 nitrogen and oxygen atoms in total. The van der Waals surface area contributed by atoms with Crippen LogP contribution in [0.3, 0.4) is 0 Å². The lowest BCUT2D eigenvalue weighted by Gasteiger charge is -2.12. The van der Waals surface area contributed by atoms with E-state index in [9.17, 15) is 4.79 Å². The Hall–Kier alpha value is -1.82. The zero-order chi connectivity index (χ0) is 12.1. The van der Waals surface area contributed by atoms with Gasteiger partial charge >= 0.3 is 0 Å². The first kappa shape index (κ1) is 12.3. The molecule has 0 aliphatic heterocycles. The van der Waals surface area contributed by atoms with Gasteiger partial charge in [-0.15, -0.1) is 0 Å². The highest BCUT2D eigenvalue weighted by molar-refractivity contribution is 5.99. The van der Waals surface area contributed by atoms with Crippen LogP contribution in [0.2, 0.25) is 0 Å². The molecule has 1 atom stereocenters. The Balaban J connectivity index is 3.00. The number of methoxy groups -OCH3 is 1. The Labute approximate surface area is 95.7 Å². The van der Waals surface area contributed by atoms with E-state index >= 15 is 0 Å². The molecule has 0 spiro atoms. The number of hydrogen-bond donors (Lipinski definition) is 0. The summed E-state index contributed by atoms with van der Waals surface area (Å²) >= 11 is 0. The van der Waals surface area contributed by atoms with Gasteiger partial charge < -0.3 is 4.74 Å². The Morgan fingerprint density at radius 2 is 2.12 bits per heavy atom. The summed E-state index contributed by atoms with van der Waals surface area (Å²) in [7, 11) is 1.55. The van der Waals surface area contributed by atoms with Crippen molar-refractivity contribution >= 4 is 5.78 Å². The maximum atomic E-state index is 12.0. The Bertz CT molecular complexity index is 418. The number of hydrogen-bond acceptors (Lipinski definition) is 3. The topological polar surface area (TPSA) is 50.1 Å². The zero-order valence-corrected chi connectivity index (χ0v) is 9.73. The SMILES string of the molecule is COc1cccc(C(=O)C(C#N)C(C)C)c1. The lowest BCUT2D eigenvalue weighted by atomic mass is 9.89. The first-order valence-corrected chi connectivity index (χ1v) is 5.18. The van der Waals surface area contributed by atoms with Gasteiger partial charge in [0.15, 0.2) is 5.78 Å². The third-order valence-corrected chi connectivity index (χ3v) is 2.44. The minimum atomic E-state index is -0.591. The second-order valence-electron chi connectivity index (χ2n) is 3.95. The molecule has 0 aliphatic carbocycles. The summed E-state index contributed by atoms with van der Waals surface area (Å²) in [5.41, 5.74) is 0.527. The normalized spacial score (nSPS) is 11.9. The zero-order valence-electron chi connectivity index (χ0n) is 9.73. The van der Waals surface area contributed by atoms with Crippen LogP contribution in [0.15, 0.2) is 24.3 Å². The van der Waals surface area contributed by atoms with Gasteiger partial charge in [-0.25, -0.2) is 0 Å². The minimum absolute atomic E-state index is 0.0173. The molecule has 0 bridgehead atoms. The lowest BCUT2D eigenvalue weighted by Crippen LogP contribution is -2.18. The Kier molecular flexibility index (Phi) is 4.07. The molecule has 0 saturated carbocycles. The summed E-state index contributed by atoms with van der Waals surface area (Å²) in [4.78, 5) is 12.0. The van der Waals surface area contributed by atoms with Crippen LogP contribution in [-0.4, -0.2) is 12.9 Å². The quantitative estimate of drug-likeness (QED) is 0.728. The second-order valence-corrected chi connectivity index (χ2v) is 3.95. The van der Waals surface area contributed by atoms with Crippen molar-refractivity contribution in [3.63, 3.8) is 0 Å². The highest BCUT2D eigenvalue weighted by atomic mass is 16.5. The maximum absolute atomic E-state index is 12.0. The number of Topliss-reactive ketones (excluding diaryl/α,β-unsaturated/α-hetero) is 1. The first-order valence-electron chi connectivity index (χ1n) is 5.18. The van der Waals surface area contributed by atoms with Crippen molar-refractivity contribution in [3.05, 3.63) is 29.8 Å². The number of benzene rings is 1. The number of nitriles is 1. The van der Waals surface area contributed by atoms with Gasteiger partial charge in [-0.2, -0.15) is 5.26 Å². The summed E-state index contributed by atoms with van der Waals surface area (Å²) in [5, 5.41) is 8.95. The van der Waals surface area contributed by atoms with Crippen LogP contribution < -0.4 is 4.74 Å². The molecule has 1 aromatic carbocycles. The van der Waals surface area contributed by atoms with E-state index in [1.807, 2.05) is 19.9 Å². The van der Waals surface area contributed by atoms with Crippen LogP contribution in [0, 0.1) is 23.2 Å². The molecule has 0 aliphatic rings. The molecule has 3 heteroatoms. The molecule has 0 saturated heterocycles. The summed E-state index contributed by atoms with van der Waals surface area (Å²) in [5.74, 6) is -0.0847. The van der Waals surface area contributed by atoms with Crippen molar-refractivity contribution in [2.24, 2.45) is 11.8 Å². The Morgan fingerprint density at radius 1 is 1.44 bits per heavy atom. The number of carbonyl (C=O) groups excluding carboxylic acids is 1. The number of rotatable bonds is 4. The van der Waals surface area contributed by atoms with E-state index in [2.05, 4.69) is 0 Å². The molecule has 16 heavy (non-hydrogen) atoms. The molecule has 0 heterocycles. The minimum Gasteiger partial charge on any atom is -0.497 e. The summed E-state index contributed by atoms with van der Waals surface area (Å²) in [6.07, 6.45) is 0. The number of ketones is 1. The van der Waals surface area contributed by atoms with E-state index in [0.717, 1.165) is 0 Å². The van der Waals surface area contributed by atoms with E-state index in [-0.39, 0.29) is 11.7 Å². The van der Waals surface area contributed by atoms with E-state index in [1.165, 1.54) is 0 Å². The van der Waals surface area contributed by atoms with Gasteiger partial charge in [0.05, 0.1) is 13.2 Å². The van der Waals surface area contributed by atoms with Gasteiger partial charge in [-0.05, 0) is 18.1 Å². The number of nitrogens with zero attached hydrogens (tertiary/aromatic N) is 1. The van der Waals surface area contributed by atoms with Crippen molar-refractivity contribution in [3.8, 4) is 11.8 Å². The fourth-order valence-electron chi connectivity index (χ4n) is 1.47. The van der Waals surface area contributed by atoms with Gasteiger partial charge in [0.2, 0.25) is 0 Å². The maximum Gasteiger partial charge on any atom is 0.180 e. The monoisotopic (exact) mass is 217 g/mol. The Morgan fingerprint density at radius 3 is 2.62 bits per heavy atom. The van der Waals surface area contributed by atoms with Crippen LogP contribution in [0.25, 0.3) is 0 Å². The van der Waals surface area contributed by atoms with E-state index < -0.39 is 5.92 Å². The van der Waals surface area contributed by atoms with Crippen molar-refractivity contribution in [1.29, 1.82) is 5.26 Å². The van der Waals surface area contributed by atoms with Crippen LogP contribution in [0.5, 0.6) is 5.75 Å². The number of ether oxygens (including phenoxy) is 1. The highest BCUT2D eigenvalue weighted by Gasteiger charge is 2.23. The fourth-order valence-corrected chi connectivity index (χ4v) is 1.47. The van der Waals surface area contributed by atoms with E-state index in [0.29, 0.717) is 11.3 Å². The molecule has 1 aromatic rings. The molecule has 0 N–H and O–H groups in total. The third-order valence-electron chi connectivity index (χ3n) is 2.44. The fraction of sp³-hybridized carbons (Fsp3) is 0.385. The average molecular weight is 217 g/mol. The van der Waals surface area contributed by atoms with E-state index in [4.69, 9.17) is 10.00 Å². The summed E-state index contributed by atoms with van der Waals surface area (Å²) < 4.78 is 5.04. The van der Waals surface area contributed by atoms with Gasteiger partial charge in [0, 0.05) is 5.56 Å². The van der Waals surface area contributed by atoms with Crippen molar-refractivity contribution < 1.29 is 9.53 Å². The molecule has 0 aromatic heterocycles. The molecule has 0 fully saturated rings. The van der Waals surface area contributed by atoms with Gasteiger partial charge in [-0.1, -0.05) is 26.0 Å². The van der Waals surface area contributed by atoms with Crippen molar-refractivity contribution in [2.75, 3.05) is 7.11 Å². The van der Waals surface area contributed by atoms with Crippen molar-refractivity contribution in [2.45, 2.75) is 13.8 Å². The van der Waals surface area contributed by atoms with Crippen LogP contribution in [0.4, 0.5) is 0 Å². The number of carbonyl (C=O) groups is 1. The van der Waals surface area contributed by atoms with Crippen molar-refractivity contribution in [1.82, 2.24) is 0 Å². The molecule has 1 unspecified atom stereocenters. The van der Waals surface area contributed by atoms with Gasteiger partial charge in [-0.3, -0.25) is 4.79 Å². The third kappa shape index (κ3) is 2.60. The molecule has 1 rings (SSSR count). The summed E-state index contributed by atoms with van der Waals surface area (Å²) in [6.45, 7) is 3.73. The predicted molar refractivity (Wildman–Crippen MR) is 61.3 cm³/mol. The van der Waals surface area contributed by atoms with Crippen LogP contribution in [0.1, 0.15) is 24.2 Å². The average Bonchev–Trinajstić information content (AvgIpc) is 2.29. The second kappa shape index (κ2) is 5.32. The van der Waals surface area contributed by atoms with Gasteiger partial charge in [0.25, 0.3) is 0 Å². The van der Waals surface area contributed by atoms with E-state index in [1.54, 1.807) is 31.4 Å². The standard InChI is InChI=1S/C13H15NO2/c1-9(2)12(8-14)13(15)10-5-4-6-11(7-10)16-3/h4-7,9,12H,1-3H3. The van der Waals surface area contributed by atoms with Gasteiger partial charge in [0.1, 0.15) is 11.7 Å². The highest BCUT2D eigenvalue weighted by Crippen LogP contribution is 2.19. The molecule has 84 valence electrons. The predicted octanol–water partition coefficient (Wildman–Crippen LogP) is 2.67. The largest absolute Gasteiger partial charge is 0.497 e. The first-order chi connectivity index (χ1) is 7.60. The molecular weight excluding hydrogens is 202 g/mol. The van der Waals surface area contributed by atoms with Crippen LogP contribution >= 0.6 is 0 Å². The molecular formula is C13H15NO2.